The minimum atomic E-state index is -0.666. The molecular weight excluding hydrogens is 408 g/mol. The van der Waals surface area contributed by atoms with E-state index in [4.69, 9.17) is 5.11 Å². The number of aliphatic carboxylic acids is 1. The van der Waals surface area contributed by atoms with Crippen molar-refractivity contribution in [1.82, 2.24) is 0 Å². The summed E-state index contributed by atoms with van der Waals surface area (Å²) in [7, 11) is 0. The van der Waals surface area contributed by atoms with Gasteiger partial charge in [0.05, 0.1) is 0 Å². The molecule has 0 aromatic carbocycles. The highest BCUT2D eigenvalue weighted by Gasteiger charge is 2.07. The normalized spacial score (nSPS) is 14.0. The predicted molar refractivity (Wildman–Crippen MR) is 103 cm³/mol. The van der Waals surface area contributed by atoms with Crippen molar-refractivity contribution in [3.8, 4) is 0 Å². The first-order chi connectivity index (χ1) is 10.6. The number of rotatable bonds is 16. The second-order valence-electron chi connectivity index (χ2n) is 6.32. The second-order valence-corrected chi connectivity index (χ2v) is 8.91. The van der Waals surface area contributed by atoms with Crippen LogP contribution in [-0.4, -0.2) is 20.7 Å². The molecule has 0 aromatic rings. The molecule has 0 spiro atoms. The molecule has 0 saturated carbocycles. The third-order valence-electron chi connectivity index (χ3n) is 4.06. The molecule has 0 rings (SSSR count). The van der Waals surface area contributed by atoms with Gasteiger partial charge in [0.2, 0.25) is 0 Å². The number of carboxylic acid groups (broad SMARTS) is 1. The first-order valence-electron chi connectivity index (χ1n) is 9.06. The van der Waals surface area contributed by atoms with Crippen LogP contribution in [0.4, 0.5) is 0 Å². The van der Waals surface area contributed by atoms with Crippen molar-refractivity contribution >= 4 is 37.8 Å². The summed E-state index contributed by atoms with van der Waals surface area (Å²) in [6.07, 6.45) is 16.3. The highest BCUT2D eigenvalue weighted by Crippen LogP contribution is 2.22. The van der Waals surface area contributed by atoms with Crippen molar-refractivity contribution in [3.05, 3.63) is 0 Å². The van der Waals surface area contributed by atoms with E-state index in [0.29, 0.717) is 16.1 Å². The number of alkyl halides is 2. The molecule has 0 aliphatic heterocycles. The average Bonchev–Trinajstić information content (AvgIpc) is 2.46. The van der Waals surface area contributed by atoms with E-state index >= 15 is 0 Å². The number of hydrogen-bond donors (Lipinski definition) is 1. The lowest BCUT2D eigenvalue weighted by molar-refractivity contribution is -0.137. The van der Waals surface area contributed by atoms with Gasteiger partial charge in [-0.25, -0.2) is 0 Å². The maximum Gasteiger partial charge on any atom is 0.303 e. The molecule has 22 heavy (non-hydrogen) atoms. The minimum Gasteiger partial charge on any atom is -0.481 e. The van der Waals surface area contributed by atoms with E-state index in [-0.39, 0.29) is 0 Å². The SMILES string of the molecule is CCCCCC(Br)CCCC(Br)CCCCCCCC(=O)O. The van der Waals surface area contributed by atoms with Gasteiger partial charge in [-0.15, -0.1) is 0 Å². The summed E-state index contributed by atoms with van der Waals surface area (Å²) in [5.41, 5.74) is 0. The number of carboxylic acids is 1. The molecule has 0 bridgehead atoms. The second kappa shape index (κ2) is 16.3. The Bertz CT molecular complexity index is 259. The molecule has 0 aliphatic carbocycles. The van der Waals surface area contributed by atoms with E-state index in [2.05, 4.69) is 38.8 Å². The molecule has 0 aromatic heterocycles. The molecule has 0 aliphatic rings. The third kappa shape index (κ3) is 16.8. The zero-order valence-corrected chi connectivity index (χ0v) is 17.3. The molecule has 0 fully saturated rings. The van der Waals surface area contributed by atoms with Gasteiger partial charge >= 0.3 is 5.97 Å². The zero-order valence-electron chi connectivity index (χ0n) is 14.2. The first-order valence-corrected chi connectivity index (χ1v) is 10.9. The van der Waals surface area contributed by atoms with Crippen LogP contribution in [0.2, 0.25) is 0 Å². The Labute approximate surface area is 154 Å². The van der Waals surface area contributed by atoms with Gasteiger partial charge in [0.1, 0.15) is 0 Å². The summed E-state index contributed by atoms with van der Waals surface area (Å²) in [5.74, 6) is -0.666. The number of carbonyl (C=O) groups is 1. The van der Waals surface area contributed by atoms with Crippen molar-refractivity contribution in [1.29, 1.82) is 0 Å². The Morgan fingerprint density at radius 3 is 1.77 bits per heavy atom. The van der Waals surface area contributed by atoms with E-state index in [0.717, 1.165) is 12.8 Å². The van der Waals surface area contributed by atoms with E-state index < -0.39 is 5.97 Å². The fraction of sp³-hybridized carbons (Fsp3) is 0.944. The van der Waals surface area contributed by atoms with Gasteiger partial charge in [0.15, 0.2) is 0 Å². The molecular formula is C18H34Br2O2. The van der Waals surface area contributed by atoms with Gasteiger partial charge in [-0.2, -0.15) is 0 Å². The summed E-state index contributed by atoms with van der Waals surface area (Å²) < 4.78 is 0. The summed E-state index contributed by atoms with van der Waals surface area (Å²) in [6, 6.07) is 0. The Kier molecular flexibility index (Phi) is 16.6. The van der Waals surface area contributed by atoms with Crippen LogP contribution in [0.5, 0.6) is 0 Å². The summed E-state index contributed by atoms with van der Waals surface area (Å²) in [4.78, 5) is 11.7. The summed E-state index contributed by atoms with van der Waals surface area (Å²) in [5, 5.41) is 8.56. The largest absolute Gasteiger partial charge is 0.481 e. The molecule has 132 valence electrons. The molecule has 2 unspecified atom stereocenters. The Hall–Kier alpha value is 0.430. The Balaban J connectivity index is 3.32. The molecule has 2 atom stereocenters. The lowest BCUT2D eigenvalue weighted by Crippen LogP contribution is -2.02. The third-order valence-corrected chi connectivity index (χ3v) is 5.89. The van der Waals surface area contributed by atoms with Crippen LogP contribution >= 0.6 is 31.9 Å². The highest BCUT2D eigenvalue weighted by molar-refractivity contribution is 9.09. The molecule has 0 saturated heterocycles. The molecule has 0 amide bonds. The van der Waals surface area contributed by atoms with Crippen molar-refractivity contribution in [2.45, 2.75) is 106 Å². The van der Waals surface area contributed by atoms with Crippen LogP contribution in [-0.2, 0) is 4.79 Å². The van der Waals surface area contributed by atoms with Crippen molar-refractivity contribution in [3.63, 3.8) is 0 Å². The fourth-order valence-corrected chi connectivity index (χ4v) is 3.93. The maximum absolute atomic E-state index is 10.4. The molecule has 0 radical (unpaired) electrons. The lowest BCUT2D eigenvalue weighted by atomic mass is 10.0. The van der Waals surface area contributed by atoms with Gasteiger partial charge in [-0.05, 0) is 32.1 Å². The molecule has 0 heterocycles. The predicted octanol–water partition coefficient (Wildman–Crippen LogP) is 7.08. The van der Waals surface area contributed by atoms with Gasteiger partial charge in [-0.1, -0.05) is 90.2 Å². The topological polar surface area (TPSA) is 37.3 Å². The van der Waals surface area contributed by atoms with Gasteiger partial charge < -0.3 is 5.11 Å². The van der Waals surface area contributed by atoms with E-state index in [9.17, 15) is 4.79 Å². The minimum absolute atomic E-state index is 0.326. The smallest absolute Gasteiger partial charge is 0.303 e. The number of hydrogen-bond acceptors (Lipinski definition) is 1. The quantitative estimate of drug-likeness (QED) is 0.205. The Morgan fingerprint density at radius 1 is 0.773 bits per heavy atom. The molecule has 4 heteroatoms. The molecule has 2 nitrogen and oxygen atoms in total. The van der Waals surface area contributed by atoms with Crippen molar-refractivity contribution < 1.29 is 9.90 Å². The Morgan fingerprint density at radius 2 is 1.23 bits per heavy atom. The monoisotopic (exact) mass is 440 g/mol. The van der Waals surface area contributed by atoms with Crippen molar-refractivity contribution in [2.75, 3.05) is 0 Å². The van der Waals surface area contributed by atoms with Crippen molar-refractivity contribution in [2.24, 2.45) is 0 Å². The average molecular weight is 442 g/mol. The summed E-state index contributed by atoms with van der Waals surface area (Å²) in [6.45, 7) is 2.25. The van der Waals surface area contributed by atoms with Crippen LogP contribution in [0.3, 0.4) is 0 Å². The fourth-order valence-electron chi connectivity index (χ4n) is 2.64. The first kappa shape index (κ1) is 22.4. The van der Waals surface area contributed by atoms with Crippen LogP contribution in [0.25, 0.3) is 0 Å². The van der Waals surface area contributed by atoms with Crippen LogP contribution in [0.15, 0.2) is 0 Å². The number of halogens is 2. The summed E-state index contributed by atoms with van der Waals surface area (Å²) >= 11 is 7.60. The standard InChI is InChI=1S/C18H34Br2O2/c1-2-3-7-11-16(19)13-10-14-17(20)12-8-5-4-6-9-15-18(21)22/h16-17H,2-15H2,1H3,(H,21,22). The van der Waals surface area contributed by atoms with E-state index in [1.54, 1.807) is 0 Å². The zero-order chi connectivity index (χ0) is 16.6. The van der Waals surface area contributed by atoms with E-state index in [1.807, 2.05) is 0 Å². The lowest BCUT2D eigenvalue weighted by Gasteiger charge is -2.12. The van der Waals surface area contributed by atoms with Crippen LogP contribution in [0.1, 0.15) is 96.8 Å². The van der Waals surface area contributed by atoms with Gasteiger partial charge in [0.25, 0.3) is 0 Å². The molecule has 1 N–H and O–H groups in total. The van der Waals surface area contributed by atoms with Gasteiger partial charge in [0, 0.05) is 16.1 Å². The van der Waals surface area contributed by atoms with Crippen LogP contribution < -0.4 is 0 Å². The van der Waals surface area contributed by atoms with E-state index in [1.165, 1.54) is 70.6 Å². The highest BCUT2D eigenvalue weighted by atomic mass is 79.9. The maximum atomic E-state index is 10.4. The van der Waals surface area contributed by atoms with Crippen LogP contribution in [0, 0.1) is 0 Å². The number of unbranched alkanes of at least 4 members (excludes halogenated alkanes) is 6. The van der Waals surface area contributed by atoms with Gasteiger partial charge in [-0.3, -0.25) is 4.79 Å².